The van der Waals surface area contributed by atoms with Crippen molar-refractivity contribution in [2.45, 2.75) is 12.8 Å². The summed E-state index contributed by atoms with van der Waals surface area (Å²) in [5.41, 5.74) is 0. The highest BCUT2D eigenvalue weighted by Gasteiger charge is 1.97. The molecule has 0 nitrogen and oxygen atoms in total. The molecule has 0 amide bonds. The van der Waals surface area contributed by atoms with Crippen LogP contribution in [0.4, 0.5) is 0 Å². The molecule has 1 unspecified atom stereocenters. The minimum atomic E-state index is 0.684. The van der Waals surface area contributed by atoms with Crippen LogP contribution in [0, 0.1) is 5.92 Å². The molecule has 0 saturated heterocycles. The Morgan fingerprint density at radius 3 is 2.44 bits per heavy atom. The van der Waals surface area contributed by atoms with Crippen molar-refractivity contribution in [2.24, 2.45) is 5.92 Å². The molecule has 0 spiro atoms. The van der Waals surface area contributed by atoms with E-state index in [1.807, 2.05) is 12.2 Å². The number of allylic oxidation sites excluding steroid dienone is 2. The molecular weight excluding hydrogens is 223 g/mol. The summed E-state index contributed by atoms with van der Waals surface area (Å²) in [6.45, 7) is 7.41. The monoisotopic (exact) mass is 236 g/mol. The molecular formula is C8H13I. The van der Waals surface area contributed by atoms with Gasteiger partial charge < -0.3 is 0 Å². The zero-order chi connectivity index (χ0) is 7.11. The SMILES string of the molecule is C=CCCC(C=C)CI. The number of rotatable bonds is 5. The Morgan fingerprint density at radius 1 is 1.44 bits per heavy atom. The van der Waals surface area contributed by atoms with Gasteiger partial charge in [0.25, 0.3) is 0 Å². The molecule has 1 atom stereocenters. The van der Waals surface area contributed by atoms with Crippen LogP contribution in [0.5, 0.6) is 0 Å². The second-order valence-electron chi connectivity index (χ2n) is 2.02. The first-order valence-corrected chi connectivity index (χ1v) is 4.67. The van der Waals surface area contributed by atoms with Gasteiger partial charge in [0.1, 0.15) is 0 Å². The average Bonchev–Trinajstić information content (AvgIpc) is 1.91. The van der Waals surface area contributed by atoms with Gasteiger partial charge >= 0.3 is 0 Å². The smallest absolute Gasteiger partial charge is 0.00583 e. The molecule has 0 aliphatic carbocycles. The summed E-state index contributed by atoms with van der Waals surface area (Å²) >= 11 is 2.38. The molecule has 0 bridgehead atoms. The van der Waals surface area contributed by atoms with Crippen molar-refractivity contribution in [1.82, 2.24) is 0 Å². The minimum absolute atomic E-state index is 0.684. The maximum Gasteiger partial charge on any atom is 0.00583 e. The summed E-state index contributed by atoms with van der Waals surface area (Å²) in [4.78, 5) is 0. The van der Waals surface area contributed by atoms with E-state index in [4.69, 9.17) is 0 Å². The third-order valence-corrected chi connectivity index (χ3v) is 2.40. The standard InChI is InChI=1S/C8H13I/c1-3-5-6-8(4-2)7-9/h3-4,8H,1-2,5-7H2. The molecule has 0 aromatic carbocycles. The van der Waals surface area contributed by atoms with Crippen molar-refractivity contribution in [3.05, 3.63) is 25.3 Å². The van der Waals surface area contributed by atoms with Gasteiger partial charge in [0.15, 0.2) is 0 Å². The lowest BCUT2D eigenvalue weighted by atomic mass is 10.1. The highest BCUT2D eigenvalue weighted by atomic mass is 127. The van der Waals surface area contributed by atoms with Crippen LogP contribution in [-0.4, -0.2) is 4.43 Å². The van der Waals surface area contributed by atoms with Gasteiger partial charge in [-0.2, -0.15) is 0 Å². The molecule has 52 valence electrons. The van der Waals surface area contributed by atoms with E-state index in [0.717, 1.165) is 6.42 Å². The Morgan fingerprint density at radius 2 is 2.11 bits per heavy atom. The molecule has 0 aliphatic rings. The highest BCUT2D eigenvalue weighted by Crippen LogP contribution is 2.10. The fourth-order valence-electron chi connectivity index (χ4n) is 0.590. The second kappa shape index (κ2) is 6.33. The lowest BCUT2D eigenvalue weighted by molar-refractivity contribution is 0.678. The van der Waals surface area contributed by atoms with E-state index in [2.05, 4.69) is 35.7 Å². The Bertz CT molecular complexity index is 86.6. The maximum atomic E-state index is 3.75. The summed E-state index contributed by atoms with van der Waals surface area (Å²) < 4.78 is 1.18. The quantitative estimate of drug-likeness (QED) is 0.390. The van der Waals surface area contributed by atoms with E-state index in [9.17, 15) is 0 Å². The fourth-order valence-corrected chi connectivity index (χ4v) is 1.39. The van der Waals surface area contributed by atoms with Crippen molar-refractivity contribution in [2.75, 3.05) is 4.43 Å². The zero-order valence-electron chi connectivity index (χ0n) is 5.65. The largest absolute Gasteiger partial charge is 0.103 e. The number of hydrogen-bond acceptors (Lipinski definition) is 0. The van der Waals surface area contributed by atoms with Gasteiger partial charge in [-0.3, -0.25) is 0 Å². The number of hydrogen-bond donors (Lipinski definition) is 0. The summed E-state index contributed by atoms with van der Waals surface area (Å²) in [6.07, 6.45) is 6.30. The van der Waals surface area contributed by atoms with Crippen LogP contribution in [0.2, 0.25) is 0 Å². The van der Waals surface area contributed by atoms with E-state index in [1.54, 1.807) is 0 Å². The van der Waals surface area contributed by atoms with E-state index in [1.165, 1.54) is 10.8 Å². The van der Waals surface area contributed by atoms with E-state index < -0.39 is 0 Å². The lowest BCUT2D eigenvalue weighted by Crippen LogP contribution is -1.95. The van der Waals surface area contributed by atoms with Crippen molar-refractivity contribution in [1.29, 1.82) is 0 Å². The van der Waals surface area contributed by atoms with Crippen LogP contribution in [0.1, 0.15) is 12.8 Å². The topological polar surface area (TPSA) is 0 Å². The summed E-state index contributed by atoms with van der Waals surface area (Å²) in [5, 5.41) is 0. The molecule has 0 aliphatic heterocycles. The average molecular weight is 236 g/mol. The normalized spacial score (nSPS) is 12.6. The molecule has 1 heteroatoms. The molecule has 0 aromatic rings. The predicted octanol–water partition coefficient (Wildman–Crippen LogP) is 3.19. The Balaban J connectivity index is 3.30. The van der Waals surface area contributed by atoms with Gasteiger partial charge in [-0.05, 0) is 18.8 Å². The molecule has 0 heterocycles. The molecule has 0 rings (SSSR count). The van der Waals surface area contributed by atoms with Gasteiger partial charge in [0.05, 0.1) is 0 Å². The number of halogens is 1. The molecule has 0 saturated carbocycles. The van der Waals surface area contributed by atoms with Gasteiger partial charge in [-0.25, -0.2) is 0 Å². The van der Waals surface area contributed by atoms with Crippen LogP contribution in [0.15, 0.2) is 25.3 Å². The first kappa shape index (κ1) is 9.21. The van der Waals surface area contributed by atoms with Crippen LogP contribution in [-0.2, 0) is 0 Å². The van der Waals surface area contributed by atoms with Crippen LogP contribution < -0.4 is 0 Å². The first-order valence-electron chi connectivity index (χ1n) is 3.14. The Hall–Kier alpha value is 0.210. The van der Waals surface area contributed by atoms with Crippen molar-refractivity contribution >= 4 is 22.6 Å². The summed E-state index contributed by atoms with van der Waals surface area (Å²) in [5.74, 6) is 0.684. The summed E-state index contributed by atoms with van der Waals surface area (Å²) in [7, 11) is 0. The molecule has 0 N–H and O–H groups in total. The second-order valence-corrected chi connectivity index (χ2v) is 2.90. The Labute approximate surface area is 71.2 Å². The van der Waals surface area contributed by atoms with E-state index in [0.29, 0.717) is 5.92 Å². The highest BCUT2D eigenvalue weighted by molar-refractivity contribution is 14.1. The third kappa shape index (κ3) is 4.70. The van der Waals surface area contributed by atoms with Crippen LogP contribution in [0.3, 0.4) is 0 Å². The molecule has 0 fully saturated rings. The van der Waals surface area contributed by atoms with E-state index in [-0.39, 0.29) is 0 Å². The van der Waals surface area contributed by atoms with Gasteiger partial charge in [0.2, 0.25) is 0 Å². The van der Waals surface area contributed by atoms with Crippen LogP contribution >= 0.6 is 22.6 Å². The van der Waals surface area contributed by atoms with E-state index >= 15 is 0 Å². The lowest BCUT2D eigenvalue weighted by Gasteiger charge is -2.04. The minimum Gasteiger partial charge on any atom is -0.103 e. The van der Waals surface area contributed by atoms with Crippen molar-refractivity contribution in [3.8, 4) is 0 Å². The molecule has 0 aromatic heterocycles. The first-order chi connectivity index (χ1) is 4.35. The molecule has 9 heavy (non-hydrogen) atoms. The maximum absolute atomic E-state index is 3.75. The van der Waals surface area contributed by atoms with Crippen LogP contribution in [0.25, 0.3) is 0 Å². The van der Waals surface area contributed by atoms with Gasteiger partial charge in [-0.15, -0.1) is 13.2 Å². The Kier molecular flexibility index (Phi) is 6.48. The van der Waals surface area contributed by atoms with Crippen molar-refractivity contribution < 1.29 is 0 Å². The third-order valence-electron chi connectivity index (χ3n) is 1.27. The predicted molar refractivity (Wildman–Crippen MR) is 52.0 cm³/mol. The molecule has 0 radical (unpaired) electrons. The fraction of sp³-hybridized carbons (Fsp3) is 0.500. The summed E-state index contributed by atoms with van der Waals surface area (Å²) in [6, 6.07) is 0. The van der Waals surface area contributed by atoms with Gasteiger partial charge in [-0.1, -0.05) is 34.7 Å². The zero-order valence-corrected chi connectivity index (χ0v) is 7.80. The number of alkyl halides is 1. The van der Waals surface area contributed by atoms with Gasteiger partial charge in [0, 0.05) is 4.43 Å². The van der Waals surface area contributed by atoms with Crippen molar-refractivity contribution in [3.63, 3.8) is 0 Å².